The summed E-state index contributed by atoms with van der Waals surface area (Å²) in [4.78, 5) is 7.85. The van der Waals surface area contributed by atoms with Gasteiger partial charge in [0.1, 0.15) is 5.75 Å². The maximum Gasteiger partial charge on any atom is 0.237 e. The van der Waals surface area contributed by atoms with Gasteiger partial charge in [0.25, 0.3) is 0 Å². The van der Waals surface area contributed by atoms with Crippen molar-refractivity contribution in [2.24, 2.45) is 0 Å². The van der Waals surface area contributed by atoms with Crippen molar-refractivity contribution in [3.05, 3.63) is 45.3 Å². The van der Waals surface area contributed by atoms with Crippen molar-refractivity contribution in [3.63, 3.8) is 0 Å². The third kappa shape index (κ3) is 2.96. The molecule has 1 aromatic carbocycles. The average molecular weight is 314 g/mol. The normalized spacial score (nSPS) is 10.4. The van der Waals surface area contributed by atoms with Crippen LogP contribution in [0.3, 0.4) is 0 Å². The molecule has 2 aromatic rings. The maximum atomic E-state index is 5.72. The first-order valence-corrected chi connectivity index (χ1v) is 6.16. The van der Waals surface area contributed by atoms with Gasteiger partial charge in [-0.1, -0.05) is 6.07 Å². The number of rotatable bonds is 2. The summed E-state index contributed by atoms with van der Waals surface area (Å²) >= 11 is 9.03. The Labute approximate surface area is 113 Å². The second kappa shape index (κ2) is 5.02. The third-order valence-electron chi connectivity index (χ3n) is 2.38. The number of nitrogens with zero attached hydrogens (tertiary/aromatic N) is 2. The van der Waals surface area contributed by atoms with Crippen LogP contribution < -0.4 is 4.74 Å². The molecule has 3 nitrogen and oxygen atoms in total. The first-order valence-electron chi connectivity index (χ1n) is 4.99. The lowest BCUT2D eigenvalue weighted by atomic mass is 10.1. The molecule has 0 saturated heterocycles. The average Bonchev–Trinajstić information content (AvgIpc) is 2.29. The molecule has 17 heavy (non-hydrogen) atoms. The minimum Gasteiger partial charge on any atom is -0.438 e. The highest BCUT2D eigenvalue weighted by molar-refractivity contribution is 9.10. The number of halogens is 2. The van der Waals surface area contributed by atoms with Crippen LogP contribution in [0.4, 0.5) is 0 Å². The van der Waals surface area contributed by atoms with E-state index in [0.717, 1.165) is 5.75 Å². The van der Waals surface area contributed by atoms with E-state index >= 15 is 0 Å². The van der Waals surface area contributed by atoms with Gasteiger partial charge >= 0.3 is 0 Å². The molecule has 0 amide bonds. The fraction of sp³-hybridized carbons (Fsp3) is 0.167. The van der Waals surface area contributed by atoms with E-state index in [2.05, 4.69) is 32.8 Å². The predicted molar refractivity (Wildman–Crippen MR) is 70.7 cm³/mol. The smallest absolute Gasteiger partial charge is 0.237 e. The molecule has 0 N–H and O–H groups in total. The van der Waals surface area contributed by atoms with E-state index in [-0.39, 0.29) is 5.28 Å². The van der Waals surface area contributed by atoms with Gasteiger partial charge in [-0.3, -0.25) is 0 Å². The highest BCUT2D eigenvalue weighted by Crippen LogP contribution is 2.28. The van der Waals surface area contributed by atoms with Crippen LogP contribution in [0.5, 0.6) is 11.6 Å². The molecule has 0 saturated carbocycles. The molecule has 0 spiro atoms. The van der Waals surface area contributed by atoms with Gasteiger partial charge in [-0.25, -0.2) is 4.98 Å². The summed E-state index contributed by atoms with van der Waals surface area (Å²) in [6.07, 6.45) is 1.56. The molecule has 0 aliphatic rings. The van der Waals surface area contributed by atoms with E-state index in [9.17, 15) is 0 Å². The summed E-state index contributed by atoms with van der Waals surface area (Å²) < 4.78 is 6.31. The Kier molecular flexibility index (Phi) is 3.64. The lowest BCUT2D eigenvalue weighted by molar-refractivity contribution is 0.457. The van der Waals surface area contributed by atoms with E-state index in [4.69, 9.17) is 16.3 Å². The van der Waals surface area contributed by atoms with Crippen LogP contribution in [0.2, 0.25) is 5.28 Å². The van der Waals surface area contributed by atoms with Crippen LogP contribution in [0.25, 0.3) is 0 Å². The number of aryl methyl sites for hydroxylation is 2. The molecule has 0 unspecified atom stereocenters. The monoisotopic (exact) mass is 312 g/mol. The molecule has 0 fully saturated rings. The Balaban J connectivity index is 2.31. The predicted octanol–water partition coefficient (Wildman–Crippen LogP) is 4.30. The fourth-order valence-corrected chi connectivity index (χ4v) is 1.69. The zero-order valence-electron chi connectivity index (χ0n) is 9.37. The molecular weight excluding hydrogens is 304 g/mol. The van der Waals surface area contributed by atoms with E-state index < -0.39 is 0 Å². The summed E-state index contributed by atoms with van der Waals surface area (Å²) in [5, 5.41) is 0.159. The summed E-state index contributed by atoms with van der Waals surface area (Å²) in [5.74, 6) is 1.14. The molecule has 0 aliphatic heterocycles. The zero-order chi connectivity index (χ0) is 12.4. The van der Waals surface area contributed by atoms with Crippen LogP contribution in [-0.2, 0) is 0 Å². The molecule has 1 aromatic heterocycles. The van der Waals surface area contributed by atoms with Gasteiger partial charge in [-0.15, -0.1) is 0 Å². The van der Waals surface area contributed by atoms with Gasteiger partial charge in [-0.05, 0) is 64.6 Å². The second-order valence-electron chi connectivity index (χ2n) is 3.64. The van der Waals surface area contributed by atoms with Gasteiger partial charge < -0.3 is 4.74 Å². The molecule has 88 valence electrons. The zero-order valence-corrected chi connectivity index (χ0v) is 11.7. The van der Waals surface area contributed by atoms with Crippen molar-refractivity contribution in [3.8, 4) is 11.6 Å². The topological polar surface area (TPSA) is 35.0 Å². The van der Waals surface area contributed by atoms with E-state index in [1.165, 1.54) is 11.1 Å². The second-order valence-corrected chi connectivity index (χ2v) is 4.83. The number of aromatic nitrogens is 2. The molecular formula is C12H10BrClN2O. The first kappa shape index (κ1) is 12.3. The molecule has 5 heteroatoms. The van der Waals surface area contributed by atoms with Gasteiger partial charge in [0.05, 0.1) is 4.47 Å². The quantitative estimate of drug-likeness (QED) is 0.775. The van der Waals surface area contributed by atoms with Crippen molar-refractivity contribution in [2.45, 2.75) is 13.8 Å². The molecule has 0 radical (unpaired) electrons. The van der Waals surface area contributed by atoms with Crippen LogP contribution in [0.15, 0.2) is 28.9 Å². The van der Waals surface area contributed by atoms with Crippen LogP contribution in [-0.4, -0.2) is 9.97 Å². The van der Waals surface area contributed by atoms with Crippen molar-refractivity contribution in [1.29, 1.82) is 0 Å². The SMILES string of the molecule is Cc1ccc(Oc2nc(Cl)ncc2Br)cc1C. The molecule has 0 atom stereocenters. The summed E-state index contributed by atoms with van der Waals surface area (Å²) in [5.41, 5.74) is 2.39. The summed E-state index contributed by atoms with van der Waals surface area (Å²) in [6, 6.07) is 5.85. The number of hydrogen-bond donors (Lipinski definition) is 0. The Morgan fingerprint density at radius 3 is 2.71 bits per heavy atom. The van der Waals surface area contributed by atoms with Gasteiger partial charge in [0.2, 0.25) is 11.2 Å². The minimum atomic E-state index is 0.159. The van der Waals surface area contributed by atoms with E-state index in [1.54, 1.807) is 6.20 Å². The lowest BCUT2D eigenvalue weighted by Crippen LogP contribution is -1.92. The van der Waals surface area contributed by atoms with Crippen molar-refractivity contribution < 1.29 is 4.74 Å². The first-order chi connectivity index (χ1) is 8.06. The van der Waals surface area contributed by atoms with Crippen molar-refractivity contribution >= 4 is 27.5 Å². The third-order valence-corrected chi connectivity index (χ3v) is 3.10. The van der Waals surface area contributed by atoms with Crippen LogP contribution >= 0.6 is 27.5 Å². The number of ether oxygens (including phenoxy) is 1. The van der Waals surface area contributed by atoms with Gasteiger partial charge in [0.15, 0.2) is 0 Å². The molecule has 2 rings (SSSR count). The largest absolute Gasteiger partial charge is 0.438 e. The maximum absolute atomic E-state index is 5.72. The number of benzene rings is 1. The Morgan fingerprint density at radius 1 is 1.24 bits per heavy atom. The van der Waals surface area contributed by atoms with Gasteiger partial charge in [0, 0.05) is 6.20 Å². The van der Waals surface area contributed by atoms with Crippen LogP contribution in [0.1, 0.15) is 11.1 Å². The fourth-order valence-electron chi connectivity index (χ4n) is 1.29. The Hall–Kier alpha value is -1.13. The summed E-state index contributed by atoms with van der Waals surface area (Å²) in [6.45, 7) is 4.08. The van der Waals surface area contributed by atoms with Crippen LogP contribution in [0, 0.1) is 13.8 Å². The van der Waals surface area contributed by atoms with Crippen molar-refractivity contribution in [2.75, 3.05) is 0 Å². The van der Waals surface area contributed by atoms with E-state index in [1.807, 2.05) is 25.1 Å². The van der Waals surface area contributed by atoms with Gasteiger partial charge in [-0.2, -0.15) is 4.98 Å². The Morgan fingerprint density at radius 2 is 2.00 bits per heavy atom. The highest BCUT2D eigenvalue weighted by atomic mass is 79.9. The molecule has 1 heterocycles. The molecule has 0 bridgehead atoms. The molecule has 0 aliphatic carbocycles. The standard InChI is InChI=1S/C12H10BrClN2O/c1-7-3-4-9(5-8(7)2)17-11-10(13)6-15-12(14)16-11/h3-6H,1-2H3. The van der Waals surface area contributed by atoms with E-state index in [0.29, 0.717) is 10.4 Å². The minimum absolute atomic E-state index is 0.159. The summed E-state index contributed by atoms with van der Waals surface area (Å²) in [7, 11) is 0. The van der Waals surface area contributed by atoms with Crippen molar-refractivity contribution in [1.82, 2.24) is 9.97 Å². The number of hydrogen-bond acceptors (Lipinski definition) is 3. The lowest BCUT2D eigenvalue weighted by Gasteiger charge is -2.08. The highest BCUT2D eigenvalue weighted by Gasteiger charge is 2.07. The Bertz CT molecular complexity index is 560.